The van der Waals surface area contributed by atoms with Crippen molar-refractivity contribution in [2.75, 3.05) is 13.6 Å². The standard InChI is InChI=1S/C13H16N2O3/c1-14-6-12(17)13(18)8-2-3-11-10(4-8)9(7-16)5-15-11/h2-5,7,12-15,17-18H,6H2,1H3. The van der Waals surface area contributed by atoms with E-state index in [0.717, 1.165) is 17.2 Å². The number of benzene rings is 1. The number of aliphatic hydroxyl groups excluding tert-OH is 2. The molecule has 0 saturated carbocycles. The zero-order chi connectivity index (χ0) is 13.1. The molecule has 0 bridgehead atoms. The molecule has 96 valence electrons. The average Bonchev–Trinajstić information content (AvgIpc) is 2.80. The Morgan fingerprint density at radius 2 is 2.22 bits per heavy atom. The van der Waals surface area contributed by atoms with E-state index in [2.05, 4.69) is 10.3 Å². The molecule has 0 amide bonds. The van der Waals surface area contributed by atoms with Crippen molar-refractivity contribution in [3.63, 3.8) is 0 Å². The van der Waals surface area contributed by atoms with Gasteiger partial charge in [0.05, 0.1) is 6.10 Å². The van der Waals surface area contributed by atoms with E-state index in [1.807, 2.05) is 0 Å². The van der Waals surface area contributed by atoms with Crippen LogP contribution in [0.3, 0.4) is 0 Å². The maximum atomic E-state index is 10.9. The highest BCUT2D eigenvalue weighted by atomic mass is 16.3. The van der Waals surface area contributed by atoms with Crippen molar-refractivity contribution in [3.05, 3.63) is 35.5 Å². The Morgan fingerprint density at radius 1 is 1.44 bits per heavy atom. The number of nitrogens with one attached hydrogen (secondary N) is 2. The highest BCUT2D eigenvalue weighted by molar-refractivity contribution is 5.97. The smallest absolute Gasteiger partial charge is 0.152 e. The molecule has 5 heteroatoms. The number of carbonyl (C=O) groups is 1. The van der Waals surface area contributed by atoms with E-state index in [1.54, 1.807) is 31.4 Å². The molecule has 2 unspecified atom stereocenters. The van der Waals surface area contributed by atoms with Crippen molar-refractivity contribution >= 4 is 17.2 Å². The topological polar surface area (TPSA) is 85.3 Å². The molecule has 0 aliphatic carbocycles. The summed E-state index contributed by atoms with van der Waals surface area (Å²) in [5, 5.41) is 23.3. The van der Waals surface area contributed by atoms with Crippen LogP contribution >= 0.6 is 0 Å². The fourth-order valence-corrected chi connectivity index (χ4v) is 1.98. The van der Waals surface area contributed by atoms with Crippen LogP contribution in [0.25, 0.3) is 10.9 Å². The van der Waals surface area contributed by atoms with Gasteiger partial charge in [0.15, 0.2) is 6.29 Å². The van der Waals surface area contributed by atoms with E-state index in [0.29, 0.717) is 17.7 Å². The van der Waals surface area contributed by atoms with Crippen LogP contribution < -0.4 is 5.32 Å². The van der Waals surface area contributed by atoms with Gasteiger partial charge in [0.2, 0.25) is 0 Å². The van der Waals surface area contributed by atoms with E-state index in [1.165, 1.54) is 0 Å². The van der Waals surface area contributed by atoms with Gasteiger partial charge in [-0.05, 0) is 24.7 Å². The lowest BCUT2D eigenvalue weighted by molar-refractivity contribution is 0.0203. The number of aromatic nitrogens is 1. The Labute approximate surface area is 104 Å². The lowest BCUT2D eigenvalue weighted by atomic mass is 10.0. The summed E-state index contributed by atoms with van der Waals surface area (Å²) in [5.74, 6) is 0. The van der Waals surface area contributed by atoms with Crippen LogP contribution in [0.2, 0.25) is 0 Å². The number of fused-ring (bicyclic) bond motifs is 1. The van der Waals surface area contributed by atoms with Gasteiger partial charge in [-0.1, -0.05) is 6.07 Å². The highest BCUT2D eigenvalue weighted by Gasteiger charge is 2.18. The molecule has 18 heavy (non-hydrogen) atoms. The van der Waals surface area contributed by atoms with E-state index in [4.69, 9.17) is 0 Å². The zero-order valence-corrected chi connectivity index (χ0v) is 10.1. The first-order valence-electron chi connectivity index (χ1n) is 5.74. The first kappa shape index (κ1) is 12.8. The van der Waals surface area contributed by atoms with Crippen molar-refractivity contribution in [3.8, 4) is 0 Å². The van der Waals surface area contributed by atoms with E-state index < -0.39 is 12.2 Å². The van der Waals surface area contributed by atoms with Crippen molar-refractivity contribution in [1.82, 2.24) is 10.3 Å². The van der Waals surface area contributed by atoms with Crippen LogP contribution in [-0.4, -0.2) is 41.2 Å². The number of aliphatic hydroxyl groups is 2. The number of rotatable bonds is 5. The molecule has 4 N–H and O–H groups in total. The van der Waals surface area contributed by atoms with Gasteiger partial charge in [0, 0.05) is 29.2 Å². The Kier molecular flexibility index (Phi) is 3.76. The quantitative estimate of drug-likeness (QED) is 0.584. The normalized spacial score (nSPS) is 14.6. The molecule has 0 aliphatic rings. The summed E-state index contributed by atoms with van der Waals surface area (Å²) in [4.78, 5) is 13.8. The molecule has 0 fully saturated rings. The van der Waals surface area contributed by atoms with E-state index in [9.17, 15) is 15.0 Å². The SMILES string of the molecule is CNCC(O)C(O)c1ccc2[nH]cc(C=O)c2c1. The Morgan fingerprint density at radius 3 is 2.89 bits per heavy atom. The first-order valence-corrected chi connectivity index (χ1v) is 5.74. The van der Waals surface area contributed by atoms with E-state index in [-0.39, 0.29) is 0 Å². The number of hydrogen-bond donors (Lipinski definition) is 4. The van der Waals surface area contributed by atoms with Gasteiger partial charge in [0.1, 0.15) is 6.10 Å². The summed E-state index contributed by atoms with van der Waals surface area (Å²) in [6, 6.07) is 5.24. The van der Waals surface area contributed by atoms with E-state index >= 15 is 0 Å². The minimum Gasteiger partial charge on any atom is -0.389 e. The maximum Gasteiger partial charge on any atom is 0.152 e. The number of likely N-dealkylation sites (N-methyl/N-ethyl adjacent to an activating group) is 1. The molecule has 1 heterocycles. The van der Waals surface area contributed by atoms with Gasteiger partial charge in [-0.2, -0.15) is 0 Å². The third kappa shape index (κ3) is 2.28. The van der Waals surface area contributed by atoms with Gasteiger partial charge >= 0.3 is 0 Å². The molecule has 2 rings (SSSR count). The molecular weight excluding hydrogens is 232 g/mol. The molecule has 0 saturated heterocycles. The van der Waals surface area contributed by atoms with Gasteiger partial charge in [-0.25, -0.2) is 0 Å². The van der Waals surface area contributed by atoms with Crippen molar-refractivity contribution in [2.24, 2.45) is 0 Å². The third-order valence-electron chi connectivity index (χ3n) is 2.98. The molecule has 0 radical (unpaired) electrons. The minimum absolute atomic E-state index is 0.298. The average molecular weight is 248 g/mol. The lowest BCUT2D eigenvalue weighted by Gasteiger charge is -2.17. The number of carbonyl (C=O) groups excluding carboxylic acids is 1. The van der Waals surface area contributed by atoms with Crippen molar-refractivity contribution in [2.45, 2.75) is 12.2 Å². The number of hydrogen-bond acceptors (Lipinski definition) is 4. The summed E-state index contributed by atoms with van der Waals surface area (Å²) < 4.78 is 0. The summed E-state index contributed by atoms with van der Waals surface area (Å²) >= 11 is 0. The lowest BCUT2D eigenvalue weighted by Crippen LogP contribution is -2.29. The number of H-pyrrole nitrogens is 1. The number of aldehydes is 1. The van der Waals surface area contributed by atoms with Gasteiger partial charge in [-0.3, -0.25) is 4.79 Å². The van der Waals surface area contributed by atoms with Crippen LogP contribution in [0.1, 0.15) is 22.0 Å². The van der Waals surface area contributed by atoms with Gasteiger partial charge < -0.3 is 20.5 Å². The Balaban J connectivity index is 2.36. The third-order valence-corrected chi connectivity index (χ3v) is 2.98. The second kappa shape index (κ2) is 5.30. The largest absolute Gasteiger partial charge is 0.389 e. The molecular formula is C13H16N2O3. The Hall–Kier alpha value is -1.69. The highest BCUT2D eigenvalue weighted by Crippen LogP contribution is 2.24. The Bertz CT molecular complexity index is 550. The molecule has 0 aliphatic heterocycles. The predicted octanol–water partition coefficient (Wildman–Crippen LogP) is 0.594. The van der Waals surface area contributed by atoms with Crippen LogP contribution in [0, 0.1) is 0 Å². The van der Waals surface area contributed by atoms with Crippen molar-refractivity contribution in [1.29, 1.82) is 0 Å². The summed E-state index contributed by atoms with van der Waals surface area (Å²) in [7, 11) is 1.70. The summed E-state index contributed by atoms with van der Waals surface area (Å²) in [5.41, 5.74) is 1.96. The fourth-order valence-electron chi connectivity index (χ4n) is 1.98. The van der Waals surface area contributed by atoms with Crippen molar-refractivity contribution < 1.29 is 15.0 Å². The van der Waals surface area contributed by atoms with Crippen LogP contribution in [0.15, 0.2) is 24.4 Å². The predicted molar refractivity (Wildman–Crippen MR) is 68.6 cm³/mol. The summed E-state index contributed by atoms with van der Waals surface area (Å²) in [6.07, 6.45) is 0.527. The molecule has 1 aromatic carbocycles. The second-order valence-corrected chi connectivity index (χ2v) is 4.24. The van der Waals surface area contributed by atoms with Gasteiger partial charge in [0.25, 0.3) is 0 Å². The molecule has 2 aromatic rings. The minimum atomic E-state index is -0.976. The van der Waals surface area contributed by atoms with Crippen LogP contribution in [0.4, 0.5) is 0 Å². The first-order chi connectivity index (χ1) is 8.67. The molecule has 2 atom stereocenters. The monoisotopic (exact) mass is 248 g/mol. The van der Waals surface area contributed by atoms with Gasteiger partial charge in [-0.15, -0.1) is 0 Å². The van der Waals surface area contributed by atoms with Crippen LogP contribution in [0.5, 0.6) is 0 Å². The second-order valence-electron chi connectivity index (χ2n) is 4.24. The fraction of sp³-hybridized carbons (Fsp3) is 0.308. The molecule has 5 nitrogen and oxygen atoms in total. The maximum absolute atomic E-state index is 10.9. The molecule has 1 aromatic heterocycles. The zero-order valence-electron chi connectivity index (χ0n) is 10.1. The summed E-state index contributed by atoms with van der Waals surface area (Å²) in [6.45, 7) is 0.298. The van der Waals surface area contributed by atoms with Crippen LogP contribution in [-0.2, 0) is 0 Å². The molecule has 0 spiro atoms. The number of aromatic amines is 1.